The summed E-state index contributed by atoms with van der Waals surface area (Å²) in [7, 11) is 0. The Morgan fingerprint density at radius 1 is 1.19 bits per heavy atom. The van der Waals surface area contributed by atoms with Crippen molar-refractivity contribution in [1.29, 1.82) is 0 Å². The number of hydrogen-bond donors (Lipinski definition) is 0. The fourth-order valence-electron chi connectivity index (χ4n) is 3.00. The Labute approximate surface area is 163 Å². The van der Waals surface area contributed by atoms with Gasteiger partial charge in [0.2, 0.25) is 11.8 Å². The van der Waals surface area contributed by atoms with Gasteiger partial charge < -0.3 is 9.64 Å². The number of benzene rings is 1. The number of ether oxygens (including phenoxy) is 1. The zero-order valence-electron chi connectivity index (χ0n) is 14.3. The number of hydrogen-bond acceptors (Lipinski definition) is 4. The molecule has 1 aliphatic carbocycles. The van der Waals surface area contributed by atoms with Crippen molar-refractivity contribution in [3.63, 3.8) is 0 Å². The number of alkyl halides is 3. The summed E-state index contributed by atoms with van der Waals surface area (Å²) < 4.78 is 46.7. The predicted octanol–water partition coefficient (Wildman–Crippen LogP) is 5.58. The second-order valence-corrected chi connectivity index (χ2v) is 7.38. The predicted molar refractivity (Wildman–Crippen MR) is 102 cm³/mol. The third kappa shape index (κ3) is 4.39. The molecule has 0 spiro atoms. The van der Waals surface area contributed by atoms with E-state index in [9.17, 15) is 13.2 Å². The molecule has 1 fully saturated rings. The lowest BCUT2D eigenvalue weighted by Crippen LogP contribution is -2.22. The van der Waals surface area contributed by atoms with Crippen LogP contribution in [0.25, 0.3) is 0 Å². The summed E-state index contributed by atoms with van der Waals surface area (Å²) in [5.41, 5.74) is -0.105. The molecule has 0 saturated heterocycles. The maximum Gasteiger partial charge on any atom is 0.423 e. The highest BCUT2D eigenvalue weighted by molar-refractivity contribution is 14.1. The summed E-state index contributed by atoms with van der Waals surface area (Å²) in [4.78, 5) is 9.87. The standard InChI is InChI=1S/C18H19F3IN3O/c1-2-25(13-9-7-12(22)8-10-13)17-23-11-15(18(19,20)21)16(24-17)26-14-5-3-4-6-14/h7-11,14H,2-6H2,1H3. The fraction of sp³-hybridized carbons (Fsp3) is 0.444. The highest BCUT2D eigenvalue weighted by Gasteiger charge is 2.37. The maximum atomic E-state index is 13.3. The average Bonchev–Trinajstić information content (AvgIpc) is 3.09. The molecule has 8 heteroatoms. The largest absolute Gasteiger partial charge is 0.474 e. The van der Waals surface area contributed by atoms with Crippen molar-refractivity contribution < 1.29 is 17.9 Å². The Hall–Kier alpha value is -1.58. The second kappa shape index (κ2) is 7.98. The van der Waals surface area contributed by atoms with Crippen molar-refractivity contribution in [2.24, 2.45) is 0 Å². The molecule has 0 amide bonds. The minimum absolute atomic E-state index is 0.203. The van der Waals surface area contributed by atoms with Crippen LogP contribution in [0, 0.1) is 3.57 Å². The number of rotatable bonds is 5. The summed E-state index contributed by atoms with van der Waals surface area (Å²) in [6, 6.07) is 7.64. The SMILES string of the molecule is CCN(c1ccc(I)cc1)c1ncc(C(F)(F)F)c(OC2CCCC2)n1. The number of nitrogens with zero attached hydrogens (tertiary/aromatic N) is 3. The van der Waals surface area contributed by atoms with E-state index in [1.807, 2.05) is 31.2 Å². The lowest BCUT2D eigenvalue weighted by atomic mass is 10.2. The quantitative estimate of drug-likeness (QED) is 0.528. The third-order valence-electron chi connectivity index (χ3n) is 4.32. The molecule has 2 aromatic rings. The normalized spacial score (nSPS) is 15.3. The Bertz CT molecular complexity index is 746. The van der Waals surface area contributed by atoms with E-state index in [1.165, 1.54) is 0 Å². The van der Waals surface area contributed by atoms with Crippen LogP contribution in [0.4, 0.5) is 24.8 Å². The summed E-state index contributed by atoms with van der Waals surface area (Å²) >= 11 is 2.20. The molecule has 1 saturated carbocycles. The van der Waals surface area contributed by atoms with Gasteiger partial charge in [-0.1, -0.05) is 0 Å². The molecule has 1 aromatic heterocycles. The Kier molecular flexibility index (Phi) is 5.89. The lowest BCUT2D eigenvalue weighted by Gasteiger charge is -2.23. The van der Waals surface area contributed by atoms with Crippen LogP contribution >= 0.6 is 22.6 Å². The average molecular weight is 477 g/mol. The lowest BCUT2D eigenvalue weighted by molar-refractivity contribution is -0.139. The summed E-state index contributed by atoms with van der Waals surface area (Å²) in [6.45, 7) is 2.42. The van der Waals surface area contributed by atoms with Crippen LogP contribution in [0.2, 0.25) is 0 Å². The van der Waals surface area contributed by atoms with E-state index >= 15 is 0 Å². The summed E-state index contributed by atoms with van der Waals surface area (Å²) in [6.07, 6.45) is -0.501. The van der Waals surface area contributed by atoms with Crippen LogP contribution in [-0.4, -0.2) is 22.6 Å². The van der Waals surface area contributed by atoms with Gasteiger partial charge in [0.25, 0.3) is 0 Å². The first-order valence-corrected chi connectivity index (χ1v) is 9.60. The highest BCUT2D eigenvalue weighted by Crippen LogP contribution is 2.37. The molecule has 3 rings (SSSR count). The molecule has 1 heterocycles. The molecule has 0 unspecified atom stereocenters. The van der Waals surface area contributed by atoms with Crippen molar-refractivity contribution >= 4 is 34.2 Å². The van der Waals surface area contributed by atoms with E-state index in [0.717, 1.165) is 41.1 Å². The monoisotopic (exact) mass is 477 g/mol. The molecule has 0 aliphatic heterocycles. The van der Waals surface area contributed by atoms with Crippen LogP contribution < -0.4 is 9.64 Å². The molecule has 26 heavy (non-hydrogen) atoms. The molecular weight excluding hydrogens is 458 g/mol. The van der Waals surface area contributed by atoms with Gasteiger partial charge in [-0.15, -0.1) is 0 Å². The molecule has 0 radical (unpaired) electrons. The minimum Gasteiger partial charge on any atom is -0.474 e. The van der Waals surface area contributed by atoms with E-state index in [0.29, 0.717) is 6.54 Å². The second-order valence-electron chi connectivity index (χ2n) is 6.13. The first kappa shape index (κ1) is 19.2. The molecule has 1 aliphatic rings. The summed E-state index contributed by atoms with van der Waals surface area (Å²) in [5.74, 6) is -0.173. The number of aromatic nitrogens is 2. The van der Waals surface area contributed by atoms with Crippen LogP contribution in [-0.2, 0) is 6.18 Å². The van der Waals surface area contributed by atoms with E-state index in [2.05, 4.69) is 32.6 Å². The van der Waals surface area contributed by atoms with Gasteiger partial charge in [-0.05, 0) is 79.5 Å². The van der Waals surface area contributed by atoms with Gasteiger partial charge in [0.05, 0.1) is 0 Å². The van der Waals surface area contributed by atoms with E-state index in [-0.39, 0.29) is 17.9 Å². The zero-order valence-corrected chi connectivity index (χ0v) is 16.4. The molecule has 0 atom stereocenters. The van der Waals surface area contributed by atoms with Crippen molar-refractivity contribution in [1.82, 2.24) is 9.97 Å². The Morgan fingerprint density at radius 2 is 1.85 bits per heavy atom. The van der Waals surface area contributed by atoms with Crippen molar-refractivity contribution in [3.05, 3.63) is 39.6 Å². The smallest absolute Gasteiger partial charge is 0.423 e. The minimum atomic E-state index is -4.55. The molecule has 0 N–H and O–H groups in total. The topological polar surface area (TPSA) is 38.2 Å². The Morgan fingerprint density at radius 3 is 2.42 bits per heavy atom. The van der Waals surface area contributed by atoms with E-state index in [1.54, 1.807) is 4.90 Å². The van der Waals surface area contributed by atoms with Gasteiger partial charge in [-0.25, -0.2) is 4.98 Å². The van der Waals surface area contributed by atoms with Crippen LogP contribution in [0.1, 0.15) is 38.2 Å². The number of anilines is 2. The van der Waals surface area contributed by atoms with Crippen molar-refractivity contribution in [2.75, 3.05) is 11.4 Å². The van der Waals surface area contributed by atoms with Crippen LogP contribution in [0.15, 0.2) is 30.5 Å². The molecule has 1 aromatic carbocycles. The number of halogens is 4. The summed E-state index contributed by atoms with van der Waals surface area (Å²) in [5, 5.41) is 0. The first-order valence-electron chi connectivity index (χ1n) is 8.52. The first-order chi connectivity index (χ1) is 12.4. The van der Waals surface area contributed by atoms with E-state index in [4.69, 9.17) is 4.74 Å². The van der Waals surface area contributed by atoms with Crippen LogP contribution in [0.5, 0.6) is 5.88 Å². The molecular formula is C18H19F3IN3O. The molecule has 140 valence electrons. The van der Waals surface area contributed by atoms with Gasteiger partial charge in [0.15, 0.2) is 0 Å². The van der Waals surface area contributed by atoms with E-state index < -0.39 is 11.7 Å². The fourth-order valence-corrected chi connectivity index (χ4v) is 3.36. The van der Waals surface area contributed by atoms with Crippen LogP contribution in [0.3, 0.4) is 0 Å². The molecule has 4 nitrogen and oxygen atoms in total. The van der Waals surface area contributed by atoms with Gasteiger partial charge in [-0.3, -0.25) is 0 Å². The van der Waals surface area contributed by atoms with Gasteiger partial charge in [0, 0.05) is 22.0 Å². The third-order valence-corrected chi connectivity index (χ3v) is 5.04. The van der Waals surface area contributed by atoms with Gasteiger partial charge in [0.1, 0.15) is 11.7 Å². The maximum absolute atomic E-state index is 13.3. The van der Waals surface area contributed by atoms with Crippen molar-refractivity contribution in [3.8, 4) is 5.88 Å². The molecule has 0 bridgehead atoms. The Balaban J connectivity index is 1.97. The van der Waals surface area contributed by atoms with Crippen molar-refractivity contribution in [2.45, 2.75) is 44.9 Å². The highest BCUT2D eigenvalue weighted by atomic mass is 127. The van der Waals surface area contributed by atoms with Gasteiger partial charge >= 0.3 is 6.18 Å². The zero-order chi connectivity index (χ0) is 18.7. The van der Waals surface area contributed by atoms with Gasteiger partial charge in [-0.2, -0.15) is 18.2 Å².